The van der Waals surface area contributed by atoms with Gasteiger partial charge in [-0.25, -0.2) is 0 Å². The molecule has 1 heterocycles. The van der Waals surface area contributed by atoms with Crippen LogP contribution in [0, 0.1) is 0 Å². The molecule has 0 aliphatic heterocycles. The van der Waals surface area contributed by atoms with E-state index >= 15 is 0 Å². The molecule has 0 spiro atoms. The van der Waals surface area contributed by atoms with Crippen molar-refractivity contribution in [3.05, 3.63) is 30.1 Å². The SMILES string of the molecule is CCC(CO)N(Cc1ccccn1)C(=O)C1(N)CCCC1.Cl.Cl. The van der Waals surface area contributed by atoms with Crippen LogP contribution >= 0.6 is 24.8 Å². The lowest BCUT2D eigenvalue weighted by Gasteiger charge is -2.36. The second kappa shape index (κ2) is 10.1. The van der Waals surface area contributed by atoms with Crippen LogP contribution in [0.2, 0.25) is 0 Å². The molecule has 23 heavy (non-hydrogen) atoms. The van der Waals surface area contributed by atoms with E-state index in [1.54, 1.807) is 11.1 Å². The van der Waals surface area contributed by atoms with Crippen molar-refractivity contribution in [2.24, 2.45) is 5.73 Å². The second-order valence-electron chi connectivity index (χ2n) is 5.86. The number of aliphatic hydroxyl groups excluding tert-OH is 1. The summed E-state index contributed by atoms with van der Waals surface area (Å²) in [5.41, 5.74) is 6.36. The smallest absolute Gasteiger partial charge is 0.243 e. The minimum absolute atomic E-state index is 0. The normalized spacial score (nSPS) is 16.8. The van der Waals surface area contributed by atoms with Crippen molar-refractivity contribution in [2.45, 2.75) is 57.2 Å². The van der Waals surface area contributed by atoms with Crippen LogP contribution in [-0.4, -0.2) is 39.1 Å². The van der Waals surface area contributed by atoms with Gasteiger partial charge in [-0.05, 0) is 31.4 Å². The van der Waals surface area contributed by atoms with Crippen LogP contribution in [-0.2, 0) is 11.3 Å². The summed E-state index contributed by atoms with van der Waals surface area (Å²) >= 11 is 0. The molecule has 1 aliphatic carbocycles. The van der Waals surface area contributed by atoms with Crippen LogP contribution < -0.4 is 5.73 Å². The van der Waals surface area contributed by atoms with Gasteiger partial charge in [-0.15, -0.1) is 24.8 Å². The van der Waals surface area contributed by atoms with Crippen LogP contribution in [0.5, 0.6) is 0 Å². The van der Waals surface area contributed by atoms with E-state index in [4.69, 9.17) is 5.73 Å². The molecule has 1 aromatic heterocycles. The average molecular weight is 364 g/mol. The quantitative estimate of drug-likeness (QED) is 0.812. The van der Waals surface area contributed by atoms with Gasteiger partial charge in [0.2, 0.25) is 5.91 Å². The summed E-state index contributed by atoms with van der Waals surface area (Å²) in [6.45, 7) is 2.32. The van der Waals surface area contributed by atoms with E-state index in [0.29, 0.717) is 13.0 Å². The first-order valence-electron chi connectivity index (χ1n) is 7.71. The number of pyridine rings is 1. The van der Waals surface area contributed by atoms with Crippen molar-refractivity contribution < 1.29 is 9.90 Å². The Bertz CT molecular complexity index is 464. The molecule has 0 bridgehead atoms. The maximum Gasteiger partial charge on any atom is 0.243 e. The maximum absolute atomic E-state index is 12.9. The highest BCUT2D eigenvalue weighted by atomic mass is 35.5. The molecule has 3 N–H and O–H groups in total. The van der Waals surface area contributed by atoms with Crippen LogP contribution in [0.4, 0.5) is 0 Å². The molecular weight excluding hydrogens is 337 g/mol. The van der Waals surface area contributed by atoms with E-state index in [1.807, 2.05) is 25.1 Å². The van der Waals surface area contributed by atoms with Gasteiger partial charge in [0.05, 0.1) is 30.4 Å². The van der Waals surface area contributed by atoms with E-state index in [0.717, 1.165) is 31.4 Å². The minimum Gasteiger partial charge on any atom is -0.394 e. The Hall–Kier alpha value is -0.880. The summed E-state index contributed by atoms with van der Waals surface area (Å²) in [7, 11) is 0. The third kappa shape index (κ3) is 5.31. The molecule has 0 saturated heterocycles. The molecule has 7 heteroatoms. The van der Waals surface area contributed by atoms with E-state index < -0.39 is 5.54 Å². The molecular formula is C16H27Cl2N3O2. The van der Waals surface area contributed by atoms with Crippen molar-refractivity contribution in [1.29, 1.82) is 0 Å². The fourth-order valence-electron chi connectivity index (χ4n) is 2.99. The van der Waals surface area contributed by atoms with Crippen LogP contribution in [0.1, 0.15) is 44.7 Å². The molecule has 1 aliphatic rings. The maximum atomic E-state index is 12.9. The summed E-state index contributed by atoms with van der Waals surface area (Å²) < 4.78 is 0. The number of halogens is 2. The molecule has 0 aromatic carbocycles. The number of hydrogen-bond donors (Lipinski definition) is 2. The Morgan fingerprint density at radius 1 is 1.39 bits per heavy atom. The molecule has 1 unspecified atom stereocenters. The summed E-state index contributed by atoms with van der Waals surface area (Å²) in [6.07, 6.45) is 5.86. The lowest BCUT2D eigenvalue weighted by atomic mass is 9.95. The minimum atomic E-state index is -0.766. The number of nitrogens with zero attached hydrogens (tertiary/aromatic N) is 2. The first-order chi connectivity index (χ1) is 10.1. The van der Waals surface area contributed by atoms with E-state index in [2.05, 4.69) is 4.98 Å². The second-order valence-corrected chi connectivity index (χ2v) is 5.86. The fraction of sp³-hybridized carbons (Fsp3) is 0.625. The molecule has 5 nitrogen and oxygen atoms in total. The van der Waals surface area contributed by atoms with Gasteiger partial charge in [0.1, 0.15) is 0 Å². The highest BCUT2D eigenvalue weighted by Crippen LogP contribution is 2.30. The molecule has 1 fully saturated rings. The Kier molecular flexibility index (Phi) is 9.70. The predicted octanol–water partition coefficient (Wildman–Crippen LogP) is 2.30. The lowest BCUT2D eigenvalue weighted by Crippen LogP contribution is -2.56. The Labute approximate surface area is 150 Å². The fourth-order valence-corrected chi connectivity index (χ4v) is 2.99. The van der Waals surface area contributed by atoms with Crippen molar-refractivity contribution in [1.82, 2.24) is 9.88 Å². The van der Waals surface area contributed by atoms with E-state index in [1.165, 1.54) is 0 Å². The number of carbonyl (C=O) groups excluding carboxylic acids is 1. The zero-order chi connectivity index (χ0) is 15.3. The topological polar surface area (TPSA) is 79.5 Å². The molecule has 132 valence electrons. The molecule has 0 radical (unpaired) electrons. The predicted molar refractivity (Wildman–Crippen MR) is 95.8 cm³/mol. The molecule has 1 amide bonds. The van der Waals surface area contributed by atoms with Gasteiger partial charge in [0.25, 0.3) is 0 Å². The van der Waals surface area contributed by atoms with E-state index in [-0.39, 0.29) is 43.4 Å². The number of carbonyl (C=O) groups is 1. The largest absolute Gasteiger partial charge is 0.394 e. The molecule has 1 aromatic rings. The Balaban J connectivity index is 0.00000242. The third-order valence-corrected chi connectivity index (χ3v) is 4.36. The van der Waals surface area contributed by atoms with Crippen molar-refractivity contribution in [2.75, 3.05) is 6.61 Å². The molecule has 1 atom stereocenters. The van der Waals surface area contributed by atoms with Crippen LogP contribution in [0.15, 0.2) is 24.4 Å². The van der Waals surface area contributed by atoms with E-state index in [9.17, 15) is 9.90 Å². The van der Waals surface area contributed by atoms with Gasteiger partial charge in [-0.1, -0.05) is 25.8 Å². The Morgan fingerprint density at radius 3 is 2.52 bits per heavy atom. The highest BCUT2D eigenvalue weighted by molar-refractivity contribution is 5.86. The summed E-state index contributed by atoms with van der Waals surface area (Å²) in [5, 5.41) is 9.59. The first kappa shape index (κ1) is 22.1. The number of nitrogens with two attached hydrogens (primary N) is 1. The van der Waals surface area contributed by atoms with Gasteiger partial charge >= 0.3 is 0 Å². The zero-order valence-electron chi connectivity index (χ0n) is 13.5. The van der Waals surface area contributed by atoms with Gasteiger partial charge < -0.3 is 15.7 Å². The van der Waals surface area contributed by atoms with Gasteiger partial charge in [0, 0.05) is 6.20 Å². The van der Waals surface area contributed by atoms with Crippen LogP contribution in [0.3, 0.4) is 0 Å². The molecule has 2 rings (SSSR count). The first-order valence-corrected chi connectivity index (χ1v) is 7.71. The lowest BCUT2D eigenvalue weighted by molar-refractivity contribution is -0.141. The number of aliphatic hydroxyl groups is 1. The number of amides is 1. The van der Waals surface area contributed by atoms with Gasteiger partial charge in [0.15, 0.2) is 0 Å². The molecule has 1 saturated carbocycles. The summed E-state index contributed by atoms with van der Waals surface area (Å²) in [6, 6.07) is 5.43. The van der Waals surface area contributed by atoms with Crippen molar-refractivity contribution in [3.8, 4) is 0 Å². The van der Waals surface area contributed by atoms with Crippen LogP contribution in [0.25, 0.3) is 0 Å². The standard InChI is InChI=1S/C16H25N3O2.2ClH/c1-2-14(12-20)19(11-13-7-3-6-10-18-13)15(21)16(17)8-4-5-9-16;;/h3,6-7,10,14,20H,2,4-5,8-9,11-12,17H2,1H3;2*1H. The monoisotopic (exact) mass is 363 g/mol. The number of rotatable bonds is 6. The van der Waals surface area contributed by atoms with Gasteiger partial charge in [-0.3, -0.25) is 9.78 Å². The Morgan fingerprint density at radius 2 is 2.04 bits per heavy atom. The summed E-state index contributed by atoms with van der Waals surface area (Å²) in [5.74, 6) is -0.0495. The summed E-state index contributed by atoms with van der Waals surface area (Å²) in [4.78, 5) is 18.9. The highest BCUT2D eigenvalue weighted by Gasteiger charge is 2.41. The van der Waals surface area contributed by atoms with Crippen molar-refractivity contribution in [3.63, 3.8) is 0 Å². The number of aromatic nitrogens is 1. The zero-order valence-corrected chi connectivity index (χ0v) is 15.1. The third-order valence-electron chi connectivity index (χ3n) is 4.36. The van der Waals surface area contributed by atoms with Crippen molar-refractivity contribution >= 4 is 30.7 Å². The average Bonchev–Trinajstić information content (AvgIpc) is 2.96. The number of hydrogen-bond acceptors (Lipinski definition) is 4. The van der Waals surface area contributed by atoms with Gasteiger partial charge in [-0.2, -0.15) is 0 Å².